The summed E-state index contributed by atoms with van der Waals surface area (Å²) < 4.78 is 1.64. The molecule has 0 amide bonds. The van der Waals surface area contributed by atoms with Crippen LogP contribution in [0.5, 0.6) is 0 Å². The Bertz CT molecular complexity index is 439. The molecule has 0 bridgehead atoms. The van der Waals surface area contributed by atoms with Gasteiger partial charge in [-0.15, -0.1) is 0 Å². The first kappa shape index (κ1) is 8.74. The van der Waals surface area contributed by atoms with E-state index in [9.17, 15) is 0 Å². The first-order valence-electron chi connectivity index (χ1n) is 4.40. The molecule has 2 aromatic heterocycles. The van der Waals surface area contributed by atoms with Gasteiger partial charge in [0, 0.05) is 19.3 Å². The van der Waals surface area contributed by atoms with Crippen molar-refractivity contribution in [2.75, 3.05) is 5.73 Å². The van der Waals surface area contributed by atoms with Gasteiger partial charge in [-0.05, 0) is 18.6 Å². The molecular weight excluding hydrogens is 176 g/mol. The number of rotatable bonds is 1. The van der Waals surface area contributed by atoms with Crippen molar-refractivity contribution < 1.29 is 0 Å². The van der Waals surface area contributed by atoms with Crippen LogP contribution < -0.4 is 5.73 Å². The lowest BCUT2D eigenvalue weighted by atomic mass is 10.2. The van der Waals surface area contributed by atoms with Crippen molar-refractivity contribution in [2.45, 2.75) is 6.92 Å². The summed E-state index contributed by atoms with van der Waals surface area (Å²) in [6, 6.07) is 5.74. The molecule has 0 aliphatic carbocycles. The van der Waals surface area contributed by atoms with Gasteiger partial charge in [0.1, 0.15) is 11.5 Å². The van der Waals surface area contributed by atoms with Gasteiger partial charge in [0.15, 0.2) is 0 Å². The number of pyridine rings is 1. The van der Waals surface area contributed by atoms with Crippen LogP contribution in [0.2, 0.25) is 0 Å². The fourth-order valence-electron chi connectivity index (χ4n) is 1.35. The van der Waals surface area contributed by atoms with E-state index in [-0.39, 0.29) is 0 Å². The number of hydrogen-bond donors (Lipinski definition) is 1. The number of nitrogen functional groups attached to an aromatic ring is 1. The number of aryl methyl sites for hydroxylation is 2. The molecule has 14 heavy (non-hydrogen) atoms. The minimum absolute atomic E-state index is 0.644. The number of hydrogen-bond acceptors (Lipinski definition) is 3. The minimum Gasteiger partial charge on any atom is -0.384 e. The molecule has 4 nitrogen and oxygen atoms in total. The Labute approximate surface area is 82.4 Å². The van der Waals surface area contributed by atoms with Gasteiger partial charge in [0.25, 0.3) is 0 Å². The molecule has 0 saturated heterocycles. The average molecular weight is 188 g/mol. The number of nitrogens with two attached hydrogens (primary N) is 1. The Balaban J connectivity index is 2.55. The molecule has 0 unspecified atom stereocenters. The Morgan fingerprint density at radius 3 is 2.79 bits per heavy atom. The second kappa shape index (κ2) is 3.14. The van der Waals surface area contributed by atoms with Crippen LogP contribution in [0, 0.1) is 6.92 Å². The third-order valence-corrected chi connectivity index (χ3v) is 2.17. The van der Waals surface area contributed by atoms with Crippen LogP contribution in [0.15, 0.2) is 24.4 Å². The third-order valence-electron chi connectivity index (χ3n) is 2.17. The molecule has 2 aromatic rings. The lowest BCUT2D eigenvalue weighted by Crippen LogP contribution is -1.96. The summed E-state index contributed by atoms with van der Waals surface area (Å²) >= 11 is 0. The van der Waals surface area contributed by atoms with Gasteiger partial charge in [0.05, 0.1) is 5.69 Å². The topological polar surface area (TPSA) is 56.7 Å². The molecule has 2 heterocycles. The largest absolute Gasteiger partial charge is 0.384 e. The number of nitrogens with zero attached hydrogens (tertiary/aromatic N) is 3. The predicted molar refractivity (Wildman–Crippen MR) is 55.6 cm³/mol. The van der Waals surface area contributed by atoms with Crippen molar-refractivity contribution in [3.63, 3.8) is 0 Å². The van der Waals surface area contributed by atoms with Gasteiger partial charge in [0.2, 0.25) is 0 Å². The molecule has 0 aromatic carbocycles. The Morgan fingerprint density at radius 2 is 2.21 bits per heavy atom. The van der Waals surface area contributed by atoms with Crippen molar-refractivity contribution in [2.24, 2.45) is 7.05 Å². The summed E-state index contributed by atoms with van der Waals surface area (Å²) in [7, 11) is 1.82. The standard InChI is InChI=1S/C10H12N4/c1-7-4-3-5-12-10(7)8-6-9(11)14(2)13-8/h3-6H,11H2,1-2H3. The van der Waals surface area contributed by atoms with Crippen LogP contribution >= 0.6 is 0 Å². The van der Waals surface area contributed by atoms with Crippen molar-refractivity contribution >= 4 is 5.82 Å². The van der Waals surface area contributed by atoms with E-state index in [0.29, 0.717) is 5.82 Å². The maximum absolute atomic E-state index is 5.70. The molecule has 0 aliphatic heterocycles. The maximum Gasteiger partial charge on any atom is 0.122 e. The molecule has 0 spiro atoms. The molecule has 72 valence electrons. The van der Waals surface area contributed by atoms with Gasteiger partial charge >= 0.3 is 0 Å². The molecule has 0 fully saturated rings. The SMILES string of the molecule is Cc1cccnc1-c1cc(N)n(C)n1. The molecule has 0 radical (unpaired) electrons. The van der Waals surface area contributed by atoms with Crippen LogP contribution in [0.3, 0.4) is 0 Å². The van der Waals surface area contributed by atoms with Crippen molar-refractivity contribution in [3.05, 3.63) is 30.0 Å². The van der Waals surface area contributed by atoms with E-state index in [1.807, 2.05) is 32.2 Å². The summed E-state index contributed by atoms with van der Waals surface area (Å²) in [4.78, 5) is 4.27. The highest BCUT2D eigenvalue weighted by molar-refractivity contribution is 5.61. The summed E-state index contributed by atoms with van der Waals surface area (Å²) in [6.45, 7) is 2.01. The van der Waals surface area contributed by atoms with Crippen LogP contribution in [0.4, 0.5) is 5.82 Å². The minimum atomic E-state index is 0.644. The second-order valence-electron chi connectivity index (χ2n) is 3.25. The Morgan fingerprint density at radius 1 is 1.43 bits per heavy atom. The highest BCUT2D eigenvalue weighted by Gasteiger charge is 2.07. The van der Waals surface area contributed by atoms with E-state index in [4.69, 9.17) is 5.73 Å². The van der Waals surface area contributed by atoms with Crippen LogP contribution in [-0.2, 0) is 7.05 Å². The second-order valence-corrected chi connectivity index (χ2v) is 3.25. The molecule has 0 aliphatic rings. The van der Waals surface area contributed by atoms with E-state index >= 15 is 0 Å². The highest BCUT2D eigenvalue weighted by atomic mass is 15.3. The predicted octanol–water partition coefficient (Wildman–Crippen LogP) is 1.37. The number of aromatic nitrogens is 3. The fraction of sp³-hybridized carbons (Fsp3) is 0.200. The zero-order valence-corrected chi connectivity index (χ0v) is 8.23. The van der Waals surface area contributed by atoms with Crippen LogP contribution in [0.1, 0.15) is 5.56 Å². The highest BCUT2D eigenvalue weighted by Crippen LogP contribution is 2.20. The van der Waals surface area contributed by atoms with Gasteiger partial charge in [-0.1, -0.05) is 6.07 Å². The van der Waals surface area contributed by atoms with Crippen molar-refractivity contribution in [1.82, 2.24) is 14.8 Å². The first-order valence-corrected chi connectivity index (χ1v) is 4.40. The van der Waals surface area contributed by atoms with Gasteiger partial charge in [-0.25, -0.2) is 0 Å². The van der Waals surface area contributed by atoms with E-state index in [1.165, 1.54) is 0 Å². The van der Waals surface area contributed by atoms with Crippen molar-refractivity contribution in [3.8, 4) is 11.4 Å². The van der Waals surface area contributed by atoms with Gasteiger partial charge in [-0.2, -0.15) is 5.10 Å². The fourth-order valence-corrected chi connectivity index (χ4v) is 1.35. The molecule has 2 N–H and O–H groups in total. The molecule has 2 rings (SSSR count). The Hall–Kier alpha value is -1.84. The average Bonchev–Trinajstić information content (AvgIpc) is 2.48. The van der Waals surface area contributed by atoms with E-state index in [1.54, 1.807) is 10.9 Å². The van der Waals surface area contributed by atoms with Crippen LogP contribution in [0.25, 0.3) is 11.4 Å². The van der Waals surface area contributed by atoms with Crippen LogP contribution in [-0.4, -0.2) is 14.8 Å². The van der Waals surface area contributed by atoms with E-state index in [2.05, 4.69) is 10.1 Å². The van der Waals surface area contributed by atoms with Gasteiger partial charge < -0.3 is 5.73 Å². The maximum atomic E-state index is 5.70. The zero-order valence-electron chi connectivity index (χ0n) is 8.23. The molecular formula is C10H12N4. The third kappa shape index (κ3) is 1.35. The monoisotopic (exact) mass is 188 g/mol. The smallest absolute Gasteiger partial charge is 0.122 e. The molecule has 4 heteroatoms. The molecule has 0 atom stereocenters. The van der Waals surface area contributed by atoms with Gasteiger partial charge in [-0.3, -0.25) is 9.67 Å². The lowest BCUT2D eigenvalue weighted by Gasteiger charge is -1.98. The number of anilines is 1. The molecule has 0 saturated carbocycles. The normalized spacial score (nSPS) is 10.4. The quantitative estimate of drug-likeness (QED) is 0.735. The lowest BCUT2D eigenvalue weighted by molar-refractivity contribution is 0.781. The van der Waals surface area contributed by atoms with E-state index < -0.39 is 0 Å². The summed E-state index contributed by atoms with van der Waals surface area (Å²) in [6.07, 6.45) is 1.76. The zero-order chi connectivity index (χ0) is 10.1. The summed E-state index contributed by atoms with van der Waals surface area (Å²) in [5.41, 5.74) is 8.51. The van der Waals surface area contributed by atoms with E-state index in [0.717, 1.165) is 17.0 Å². The first-order chi connectivity index (χ1) is 6.68. The van der Waals surface area contributed by atoms with Crippen molar-refractivity contribution in [1.29, 1.82) is 0 Å². The Kier molecular flexibility index (Phi) is 1.96. The summed E-state index contributed by atoms with van der Waals surface area (Å²) in [5, 5.41) is 4.27. The summed E-state index contributed by atoms with van der Waals surface area (Å²) in [5.74, 6) is 0.644.